The standard InChI is InChI=1S/C26H27ClFN5O3S/c27-20-5-1-17(2-6-20)4-8-23-30-31-26(37-23)29-25(35)19-14-24(34)33(16-19)22-7-3-18(13-21(22)28)15-32-9-11-36-12-10-32/h1-3,5-7,13,19H,4,8-12,14-16H2,(H,29,31,35). The summed E-state index contributed by atoms with van der Waals surface area (Å²) in [4.78, 5) is 29.1. The zero-order valence-electron chi connectivity index (χ0n) is 20.2. The van der Waals surface area contributed by atoms with Crippen LogP contribution < -0.4 is 10.2 Å². The molecule has 1 aromatic heterocycles. The monoisotopic (exact) mass is 543 g/mol. The van der Waals surface area contributed by atoms with Gasteiger partial charge in [0.1, 0.15) is 10.8 Å². The molecule has 194 valence electrons. The quantitative estimate of drug-likeness (QED) is 0.463. The van der Waals surface area contributed by atoms with Gasteiger partial charge in [0.25, 0.3) is 0 Å². The van der Waals surface area contributed by atoms with Crippen molar-refractivity contribution in [3.63, 3.8) is 0 Å². The van der Waals surface area contributed by atoms with Gasteiger partial charge in [0.15, 0.2) is 0 Å². The summed E-state index contributed by atoms with van der Waals surface area (Å²) < 4.78 is 20.3. The number of nitrogens with zero attached hydrogens (tertiary/aromatic N) is 4. The summed E-state index contributed by atoms with van der Waals surface area (Å²) in [5.74, 6) is -1.66. The Kier molecular flexibility index (Phi) is 8.09. The number of halogens is 2. The van der Waals surface area contributed by atoms with E-state index in [-0.39, 0.29) is 30.5 Å². The molecule has 0 saturated carbocycles. The van der Waals surface area contributed by atoms with Crippen LogP contribution in [0.1, 0.15) is 22.6 Å². The second-order valence-corrected chi connectivity index (χ2v) is 10.7. The smallest absolute Gasteiger partial charge is 0.231 e. The summed E-state index contributed by atoms with van der Waals surface area (Å²) in [6, 6.07) is 12.6. The molecule has 2 fully saturated rings. The van der Waals surface area contributed by atoms with Gasteiger partial charge in [-0.1, -0.05) is 41.1 Å². The Labute approximate surface area is 223 Å². The van der Waals surface area contributed by atoms with Crippen LogP contribution >= 0.6 is 22.9 Å². The van der Waals surface area contributed by atoms with Crippen molar-refractivity contribution in [2.75, 3.05) is 43.1 Å². The second-order valence-electron chi connectivity index (χ2n) is 9.20. The Morgan fingerprint density at radius 1 is 1.11 bits per heavy atom. The van der Waals surface area contributed by atoms with Crippen LogP contribution in [0.4, 0.5) is 15.2 Å². The number of benzene rings is 2. The van der Waals surface area contributed by atoms with E-state index in [1.54, 1.807) is 6.07 Å². The fraction of sp³-hybridized carbons (Fsp3) is 0.385. The molecule has 0 bridgehead atoms. The third-order valence-electron chi connectivity index (χ3n) is 6.55. The van der Waals surface area contributed by atoms with Crippen LogP contribution in [0.3, 0.4) is 0 Å². The summed E-state index contributed by atoms with van der Waals surface area (Å²) >= 11 is 7.23. The zero-order valence-corrected chi connectivity index (χ0v) is 21.7. The molecular formula is C26H27ClFN5O3S. The molecule has 2 amide bonds. The van der Waals surface area contributed by atoms with Crippen molar-refractivity contribution in [1.29, 1.82) is 0 Å². The number of hydrogen-bond donors (Lipinski definition) is 1. The van der Waals surface area contributed by atoms with Gasteiger partial charge < -0.3 is 15.0 Å². The van der Waals surface area contributed by atoms with Crippen molar-refractivity contribution < 1.29 is 18.7 Å². The minimum atomic E-state index is -0.596. The number of rotatable bonds is 8. The van der Waals surface area contributed by atoms with E-state index in [1.807, 2.05) is 30.3 Å². The number of nitrogens with one attached hydrogen (secondary N) is 1. The highest BCUT2D eigenvalue weighted by Gasteiger charge is 2.36. The van der Waals surface area contributed by atoms with Crippen LogP contribution in [-0.4, -0.2) is 59.8 Å². The first-order valence-corrected chi connectivity index (χ1v) is 13.4. The number of aromatic nitrogens is 2. The predicted octanol–water partition coefficient (Wildman–Crippen LogP) is 3.94. The first-order valence-electron chi connectivity index (χ1n) is 12.2. The lowest BCUT2D eigenvalue weighted by molar-refractivity contribution is -0.122. The summed E-state index contributed by atoms with van der Waals surface area (Å²) in [6.07, 6.45) is 1.48. The van der Waals surface area contributed by atoms with E-state index in [0.29, 0.717) is 36.3 Å². The predicted molar refractivity (Wildman–Crippen MR) is 140 cm³/mol. The van der Waals surface area contributed by atoms with Crippen LogP contribution in [-0.2, 0) is 33.7 Å². The zero-order chi connectivity index (χ0) is 25.8. The first-order chi connectivity index (χ1) is 17.9. The second kappa shape index (κ2) is 11.6. The number of carbonyl (C=O) groups excluding carboxylic acids is 2. The van der Waals surface area contributed by atoms with E-state index in [0.717, 1.165) is 35.6 Å². The minimum absolute atomic E-state index is 0.0169. The molecule has 3 aromatic rings. The van der Waals surface area contributed by atoms with Crippen molar-refractivity contribution >= 4 is 45.6 Å². The molecule has 1 unspecified atom stereocenters. The van der Waals surface area contributed by atoms with Gasteiger partial charge in [-0.2, -0.15) is 0 Å². The number of aryl methyl sites for hydroxylation is 2. The average molecular weight is 544 g/mol. The molecule has 2 aliphatic heterocycles. The number of amides is 2. The van der Waals surface area contributed by atoms with E-state index >= 15 is 0 Å². The average Bonchev–Trinajstić information content (AvgIpc) is 3.51. The fourth-order valence-electron chi connectivity index (χ4n) is 4.52. The van der Waals surface area contributed by atoms with Crippen molar-refractivity contribution in [1.82, 2.24) is 15.1 Å². The lowest BCUT2D eigenvalue weighted by Gasteiger charge is -2.27. The number of hydrogen-bond acceptors (Lipinski definition) is 7. The molecule has 5 rings (SSSR count). The molecule has 2 saturated heterocycles. The van der Waals surface area contributed by atoms with E-state index < -0.39 is 11.7 Å². The highest BCUT2D eigenvalue weighted by atomic mass is 35.5. The van der Waals surface area contributed by atoms with Crippen molar-refractivity contribution in [3.05, 3.63) is 69.4 Å². The van der Waals surface area contributed by atoms with Crippen LogP contribution in [0, 0.1) is 11.7 Å². The van der Waals surface area contributed by atoms with Gasteiger partial charge in [-0.15, -0.1) is 10.2 Å². The Hall–Kier alpha value is -2.92. The number of morpholine rings is 1. The summed E-state index contributed by atoms with van der Waals surface area (Å²) in [6.45, 7) is 3.71. The summed E-state index contributed by atoms with van der Waals surface area (Å²) in [7, 11) is 0. The van der Waals surface area contributed by atoms with Crippen LogP contribution in [0.5, 0.6) is 0 Å². The molecule has 2 aromatic carbocycles. The minimum Gasteiger partial charge on any atom is -0.379 e. The maximum atomic E-state index is 15.0. The molecule has 0 radical (unpaired) electrons. The van der Waals surface area contributed by atoms with Crippen molar-refractivity contribution in [3.8, 4) is 0 Å². The largest absolute Gasteiger partial charge is 0.379 e. The molecule has 37 heavy (non-hydrogen) atoms. The normalized spacial score (nSPS) is 18.4. The van der Waals surface area contributed by atoms with Gasteiger partial charge in [0.2, 0.25) is 16.9 Å². The SMILES string of the molecule is O=C(Nc1nnc(CCc2ccc(Cl)cc2)s1)C1CC(=O)N(c2ccc(CN3CCOCC3)cc2F)C1. The molecular weight excluding hydrogens is 517 g/mol. The molecule has 1 atom stereocenters. The highest BCUT2D eigenvalue weighted by molar-refractivity contribution is 7.15. The van der Waals surface area contributed by atoms with E-state index in [1.165, 1.54) is 22.3 Å². The molecule has 2 aliphatic rings. The van der Waals surface area contributed by atoms with Gasteiger partial charge in [-0.05, 0) is 41.8 Å². The van der Waals surface area contributed by atoms with Crippen molar-refractivity contribution in [2.24, 2.45) is 5.92 Å². The van der Waals surface area contributed by atoms with Gasteiger partial charge in [-0.3, -0.25) is 14.5 Å². The van der Waals surface area contributed by atoms with E-state index in [9.17, 15) is 14.0 Å². The third kappa shape index (κ3) is 6.51. The summed E-state index contributed by atoms with van der Waals surface area (Å²) in [5.41, 5.74) is 2.18. The summed E-state index contributed by atoms with van der Waals surface area (Å²) in [5, 5.41) is 12.9. The Morgan fingerprint density at radius 2 is 1.86 bits per heavy atom. The molecule has 11 heteroatoms. The van der Waals surface area contributed by atoms with E-state index in [2.05, 4.69) is 20.4 Å². The molecule has 0 aliphatic carbocycles. The Bertz CT molecular complexity index is 1270. The fourth-order valence-corrected chi connectivity index (χ4v) is 5.38. The number of ether oxygens (including phenoxy) is 1. The highest BCUT2D eigenvalue weighted by Crippen LogP contribution is 2.29. The Morgan fingerprint density at radius 3 is 2.62 bits per heavy atom. The van der Waals surface area contributed by atoms with Gasteiger partial charge in [0, 0.05) is 44.0 Å². The lowest BCUT2D eigenvalue weighted by atomic mass is 10.1. The number of anilines is 2. The van der Waals surface area contributed by atoms with Gasteiger partial charge >= 0.3 is 0 Å². The lowest BCUT2D eigenvalue weighted by Crippen LogP contribution is -2.35. The maximum absolute atomic E-state index is 15.0. The first kappa shape index (κ1) is 25.7. The van der Waals surface area contributed by atoms with Gasteiger partial charge in [-0.25, -0.2) is 4.39 Å². The molecule has 8 nitrogen and oxygen atoms in total. The molecule has 0 spiro atoms. The van der Waals surface area contributed by atoms with Crippen molar-refractivity contribution in [2.45, 2.75) is 25.8 Å². The van der Waals surface area contributed by atoms with Crippen LogP contribution in [0.15, 0.2) is 42.5 Å². The van der Waals surface area contributed by atoms with E-state index in [4.69, 9.17) is 16.3 Å². The molecule has 1 N–H and O–H groups in total. The third-order valence-corrected chi connectivity index (χ3v) is 7.70. The van der Waals surface area contributed by atoms with Crippen LogP contribution in [0.25, 0.3) is 0 Å². The number of carbonyl (C=O) groups is 2. The van der Waals surface area contributed by atoms with Crippen LogP contribution in [0.2, 0.25) is 5.02 Å². The maximum Gasteiger partial charge on any atom is 0.231 e. The Balaban J connectivity index is 1.15. The van der Waals surface area contributed by atoms with Gasteiger partial charge in [0.05, 0.1) is 24.8 Å². The molecule has 3 heterocycles. The topological polar surface area (TPSA) is 87.7 Å².